The summed E-state index contributed by atoms with van der Waals surface area (Å²) in [4.78, 5) is 10.1. The number of phenols is 1. The van der Waals surface area contributed by atoms with E-state index in [0.29, 0.717) is 23.4 Å². The molecule has 0 aliphatic carbocycles. The molecule has 5 heteroatoms. The number of phenolic OH excluding ortho intramolecular Hbond substituents is 1. The monoisotopic (exact) mass is 208 g/mol. The van der Waals surface area contributed by atoms with E-state index in [4.69, 9.17) is 4.74 Å². The molecule has 0 atom stereocenters. The number of amides is 1. The quantitative estimate of drug-likeness (QED) is 0.438. The average Bonchev–Trinajstić information content (AvgIpc) is 2.25. The van der Waals surface area contributed by atoms with Crippen LogP contribution in [0.3, 0.4) is 0 Å². The van der Waals surface area contributed by atoms with Gasteiger partial charge in [-0.25, -0.2) is 5.43 Å². The molecule has 0 bridgehead atoms. The molecule has 1 amide bonds. The fourth-order valence-electron chi connectivity index (χ4n) is 1.16. The van der Waals surface area contributed by atoms with Crippen LogP contribution in [0, 0.1) is 0 Å². The zero-order chi connectivity index (χ0) is 11.3. The number of hydrogen-bond donors (Lipinski definition) is 2. The number of nitrogens with zero attached hydrogens (tertiary/aromatic N) is 1. The highest BCUT2D eigenvalue weighted by molar-refractivity contribution is 6.01. The molecule has 0 aliphatic heterocycles. The van der Waals surface area contributed by atoms with Crippen molar-refractivity contribution in [1.29, 1.82) is 0 Å². The number of carbonyl (C=O) groups excluding carboxylic acids is 1. The second-order valence-corrected chi connectivity index (χ2v) is 2.83. The summed E-state index contributed by atoms with van der Waals surface area (Å²) in [6, 6.07) is 4.67. The highest BCUT2D eigenvalue weighted by atomic mass is 16.5. The molecule has 0 radical (unpaired) electrons. The maximum absolute atomic E-state index is 10.1. The van der Waals surface area contributed by atoms with Gasteiger partial charge in [-0.05, 0) is 19.1 Å². The van der Waals surface area contributed by atoms with Gasteiger partial charge in [0.05, 0.1) is 12.8 Å². The van der Waals surface area contributed by atoms with Crippen LogP contribution >= 0.6 is 0 Å². The van der Waals surface area contributed by atoms with Crippen LogP contribution in [-0.4, -0.2) is 24.3 Å². The molecule has 0 aliphatic rings. The highest BCUT2D eigenvalue weighted by Crippen LogP contribution is 2.24. The Morgan fingerprint density at radius 1 is 1.60 bits per heavy atom. The summed E-state index contributed by atoms with van der Waals surface area (Å²) in [5, 5.41) is 13.0. The first-order chi connectivity index (χ1) is 7.19. The van der Waals surface area contributed by atoms with Crippen molar-refractivity contribution in [2.24, 2.45) is 5.10 Å². The van der Waals surface area contributed by atoms with Crippen LogP contribution in [0.15, 0.2) is 23.3 Å². The molecule has 1 aromatic rings. The molecule has 80 valence electrons. The van der Waals surface area contributed by atoms with Crippen LogP contribution in [0.2, 0.25) is 0 Å². The van der Waals surface area contributed by atoms with Gasteiger partial charge in [0.25, 0.3) is 0 Å². The third kappa shape index (κ3) is 2.70. The van der Waals surface area contributed by atoms with Crippen LogP contribution in [-0.2, 0) is 4.79 Å². The first-order valence-corrected chi connectivity index (χ1v) is 4.30. The molecule has 1 aromatic carbocycles. The van der Waals surface area contributed by atoms with Crippen LogP contribution in [0.25, 0.3) is 0 Å². The standard InChI is InChI=1S/C10H12N2O3/c1-7(12-11-6-13)9-4-3-8(14)5-10(9)15-2/h3-6,14H,1-2H3,(H,11,13)/b12-7+. The summed E-state index contributed by atoms with van der Waals surface area (Å²) in [5.41, 5.74) is 3.51. The van der Waals surface area contributed by atoms with Crippen LogP contribution in [0.4, 0.5) is 0 Å². The molecule has 5 nitrogen and oxygen atoms in total. The van der Waals surface area contributed by atoms with Gasteiger partial charge in [0.2, 0.25) is 6.41 Å². The summed E-state index contributed by atoms with van der Waals surface area (Å²) >= 11 is 0. The normalized spacial score (nSPS) is 10.9. The van der Waals surface area contributed by atoms with Gasteiger partial charge in [-0.2, -0.15) is 5.10 Å². The molecule has 15 heavy (non-hydrogen) atoms. The fraction of sp³-hybridized carbons (Fsp3) is 0.200. The molecule has 0 saturated carbocycles. The van der Waals surface area contributed by atoms with Gasteiger partial charge in [-0.3, -0.25) is 4.79 Å². The van der Waals surface area contributed by atoms with Crippen molar-refractivity contribution in [3.05, 3.63) is 23.8 Å². The molecule has 1 rings (SSSR count). The third-order valence-electron chi connectivity index (χ3n) is 1.86. The molecule has 0 unspecified atom stereocenters. The van der Waals surface area contributed by atoms with E-state index in [-0.39, 0.29) is 5.75 Å². The lowest BCUT2D eigenvalue weighted by atomic mass is 10.1. The van der Waals surface area contributed by atoms with Crippen molar-refractivity contribution in [2.45, 2.75) is 6.92 Å². The number of nitrogens with one attached hydrogen (secondary N) is 1. The second kappa shape index (κ2) is 4.99. The van der Waals surface area contributed by atoms with Gasteiger partial charge < -0.3 is 9.84 Å². The van der Waals surface area contributed by atoms with E-state index < -0.39 is 0 Å². The molecule has 0 fully saturated rings. The first-order valence-electron chi connectivity index (χ1n) is 4.30. The number of ether oxygens (including phenoxy) is 1. The minimum atomic E-state index is 0.117. The van der Waals surface area contributed by atoms with E-state index in [9.17, 15) is 9.90 Å². The molecule has 0 aromatic heterocycles. The van der Waals surface area contributed by atoms with Crippen molar-refractivity contribution >= 4 is 12.1 Å². The number of methoxy groups -OCH3 is 1. The van der Waals surface area contributed by atoms with Gasteiger partial charge in [-0.15, -0.1) is 0 Å². The predicted octanol–water partition coefficient (Wildman–Crippen LogP) is 0.871. The SMILES string of the molecule is COc1cc(O)ccc1/C(C)=N/NC=O. The predicted molar refractivity (Wildman–Crippen MR) is 56.1 cm³/mol. The Bertz CT molecular complexity index is 388. The Kier molecular flexibility index (Phi) is 3.68. The van der Waals surface area contributed by atoms with E-state index in [1.807, 2.05) is 0 Å². The molecular formula is C10H12N2O3. The number of hydrogen-bond acceptors (Lipinski definition) is 4. The van der Waals surface area contributed by atoms with E-state index in [0.717, 1.165) is 0 Å². The number of benzene rings is 1. The van der Waals surface area contributed by atoms with E-state index >= 15 is 0 Å². The summed E-state index contributed by atoms with van der Waals surface area (Å²) in [5.74, 6) is 0.621. The van der Waals surface area contributed by atoms with Gasteiger partial charge in [0, 0.05) is 11.6 Å². The minimum absolute atomic E-state index is 0.117. The van der Waals surface area contributed by atoms with Crippen LogP contribution in [0.1, 0.15) is 12.5 Å². The minimum Gasteiger partial charge on any atom is -0.508 e. The number of hydrazone groups is 1. The van der Waals surface area contributed by atoms with Crippen molar-refractivity contribution < 1.29 is 14.6 Å². The van der Waals surface area contributed by atoms with Crippen molar-refractivity contribution in [1.82, 2.24) is 5.43 Å². The number of rotatable bonds is 4. The Balaban J connectivity index is 3.07. The lowest BCUT2D eigenvalue weighted by molar-refractivity contribution is -0.109. The van der Waals surface area contributed by atoms with Gasteiger partial charge in [-0.1, -0.05) is 0 Å². The molecule has 0 heterocycles. The zero-order valence-electron chi connectivity index (χ0n) is 8.52. The van der Waals surface area contributed by atoms with Crippen molar-refractivity contribution in [2.75, 3.05) is 7.11 Å². The average molecular weight is 208 g/mol. The summed E-state index contributed by atoms with van der Waals surface area (Å²) in [6.45, 7) is 1.73. The fourth-order valence-corrected chi connectivity index (χ4v) is 1.16. The molecule has 0 spiro atoms. The Morgan fingerprint density at radius 3 is 2.93 bits per heavy atom. The molecule has 0 saturated heterocycles. The smallest absolute Gasteiger partial charge is 0.227 e. The first kappa shape index (κ1) is 11.0. The van der Waals surface area contributed by atoms with Gasteiger partial charge in [0.1, 0.15) is 11.5 Å². The van der Waals surface area contributed by atoms with Crippen molar-refractivity contribution in [3.63, 3.8) is 0 Å². The lowest BCUT2D eigenvalue weighted by Crippen LogP contribution is -2.07. The van der Waals surface area contributed by atoms with Gasteiger partial charge >= 0.3 is 0 Å². The van der Waals surface area contributed by atoms with Crippen LogP contribution < -0.4 is 10.2 Å². The summed E-state index contributed by atoms with van der Waals surface area (Å²) in [6.07, 6.45) is 0.483. The second-order valence-electron chi connectivity index (χ2n) is 2.83. The Labute approximate surface area is 87.4 Å². The van der Waals surface area contributed by atoms with E-state index in [2.05, 4.69) is 10.5 Å². The zero-order valence-corrected chi connectivity index (χ0v) is 8.52. The highest BCUT2D eigenvalue weighted by Gasteiger charge is 2.06. The number of carbonyl (C=O) groups is 1. The Hall–Kier alpha value is -2.04. The maximum atomic E-state index is 10.1. The topological polar surface area (TPSA) is 70.9 Å². The van der Waals surface area contributed by atoms with E-state index in [1.54, 1.807) is 13.0 Å². The Morgan fingerprint density at radius 2 is 2.33 bits per heavy atom. The summed E-state index contributed by atoms with van der Waals surface area (Å²) < 4.78 is 5.07. The van der Waals surface area contributed by atoms with Gasteiger partial charge in [0.15, 0.2) is 0 Å². The summed E-state index contributed by atoms with van der Waals surface area (Å²) in [7, 11) is 1.50. The van der Waals surface area contributed by atoms with Crippen LogP contribution in [0.5, 0.6) is 11.5 Å². The largest absolute Gasteiger partial charge is 0.508 e. The molecule has 2 N–H and O–H groups in total. The third-order valence-corrected chi connectivity index (χ3v) is 1.86. The maximum Gasteiger partial charge on any atom is 0.227 e. The lowest BCUT2D eigenvalue weighted by Gasteiger charge is -2.07. The van der Waals surface area contributed by atoms with Crippen molar-refractivity contribution in [3.8, 4) is 11.5 Å². The van der Waals surface area contributed by atoms with E-state index in [1.165, 1.54) is 19.2 Å². The molecular weight excluding hydrogens is 196 g/mol. The number of aromatic hydroxyl groups is 1.